The highest BCUT2D eigenvalue weighted by atomic mass is 16.7. The lowest BCUT2D eigenvalue weighted by Gasteiger charge is -1.98. The summed E-state index contributed by atoms with van der Waals surface area (Å²) in [6.07, 6.45) is 1.72. The minimum Gasteiger partial charge on any atom is -0.359 e. The number of rotatable bonds is 4. The Labute approximate surface area is 60.9 Å². The molecule has 0 unspecified atom stereocenters. The molecule has 3 nitrogen and oxygen atoms in total. The Morgan fingerprint density at radius 2 is 2.40 bits per heavy atom. The molecular formula is C7H11NO2. The lowest BCUT2D eigenvalue weighted by Crippen LogP contribution is -1.99. The summed E-state index contributed by atoms with van der Waals surface area (Å²) in [6, 6.07) is 1.99. The first-order valence-corrected chi connectivity index (χ1v) is 2.97. The van der Waals surface area contributed by atoms with Crippen molar-refractivity contribution in [1.82, 2.24) is 0 Å². The molecule has 10 heavy (non-hydrogen) atoms. The number of ether oxygens (including phenoxy) is 2. The first kappa shape index (κ1) is 9.15. The van der Waals surface area contributed by atoms with Crippen LogP contribution in [0.4, 0.5) is 0 Å². The van der Waals surface area contributed by atoms with E-state index in [9.17, 15) is 0 Å². The van der Waals surface area contributed by atoms with Crippen LogP contribution >= 0.6 is 0 Å². The highest BCUT2D eigenvalue weighted by Crippen LogP contribution is 1.91. The number of methoxy groups -OCH3 is 1. The monoisotopic (exact) mass is 141 g/mol. The van der Waals surface area contributed by atoms with Gasteiger partial charge in [0.25, 0.3) is 0 Å². The summed E-state index contributed by atoms with van der Waals surface area (Å²) in [6.45, 7) is 2.37. The van der Waals surface area contributed by atoms with E-state index in [1.54, 1.807) is 20.1 Å². The molecule has 0 saturated heterocycles. The fraction of sp³-hybridized carbons (Fsp3) is 0.571. The maximum absolute atomic E-state index is 8.39. The first-order valence-electron chi connectivity index (χ1n) is 2.97. The van der Waals surface area contributed by atoms with Gasteiger partial charge < -0.3 is 9.47 Å². The molecule has 0 rings (SSSR count). The zero-order valence-corrected chi connectivity index (χ0v) is 6.26. The van der Waals surface area contributed by atoms with Crippen molar-refractivity contribution in [3.63, 3.8) is 0 Å². The lowest BCUT2D eigenvalue weighted by atomic mass is 10.3. The molecule has 0 aromatic rings. The van der Waals surface area contributed by atoms with Crippen molar-refractivity contribution in [1.29, 1.82) is 5.26 Å². The number of allylic oxidation sites excluding steroid dienone is 1. The maximum Gasteiger partial charge on any atom is 0.146 e. The van der Waals surface area contributed by atoms with Crippen LogP contribution in [0.5, 0.6) is 0 Å². The van der Waals surface area contributed by atoms with Gasteiger partial charge in [0.05, 0.1) is 18.2 Å². The number of hydrogen-bond donors (Lipinski definition) is 0. The molecule has 0 radical (unpaired) electrons. The molecule has 0 amide bonds. The summed E-state index contributed by atoms with van der Waals surface area (Å²) in [5, 5.41) is 8.39. The van der Waals surface area contributed by atoms with Crippen molar-refractivity contribution in [2.75, 3.05) is 20.5 Å². The van der Waals surface area contributed by atoms with Gasteiger partial charge in [0, 0.05) is 7.11 Å². The Balaban J connectivity index is 3.40. The molecule has 0 N–H and O–H groups in total. The summed E-state index contributed by atoms with van der Waals surface area (Å²) >= 11 is 0. The minimum atomic E-state index is 0.235. The molecule has 0 saturated carbocycles. The maximum atomic E-state index is 8.39. The highest BCUT2D eigenvalue weighted by molar-refractivity contribution is 5.19. The fourth-order valence-corrected chi connectivity index (χ4v) is 0.415. The Morgan fingerprint density at radius 3 is 2.80 bits per heavy atom. The molecule has 56 valence electrons. The Morgan fingerprint density at radius 1 is 1.70 bits per heavy atom. The van der Waals surface area contributed by atoms with Gasteiger partial charge >= 0.3 is 0 Å². The van der Waals surface area contributed by atoms with E-state index in [0.717, 1.165) is 0 Å². The van der Waals surface area contributed by atoms with E-state index in [1.165, 1.54) is 0 Å². The van der Waals surface area contributed by atoms with E-state index in [4.69, 9.17) is 10.00 Å². The molecule has 0 fully saturated rings. The SMILES string of the molecule is C/C=C(/C#N)COCOC. The average Bonchev–Trinajstić information content (AvgIpc) is 1.99. The molecule has 0 aliphatic rings. The second-order valence-electron chi connectivity index (χ2n) is 1.68. The summed E-state index contributed by atoms with van der Waals surface area (Å²) in [5.41, 5.74) is 0.622. The van der Waals surface area contributed by atoms with E-state index in [-0.39, 0.29) is 6.79 Å². The standard InChI is InChI=1S/C7H11NO2/c1-3-7(4-8)5-10-6-9-2/h3H,5-6H2,1-2H3/b7-3-. The number of nitriles is 1. The zero-order valence-electron chi connectivity index (χ0n) is 6.26. The molecule has 0 aromatic heterocycles. The zero-order chi connectivity index (χ0) is 7.82. The van der Waals surface area contributed by atoms with Crippen molar-refractivity contribution < 1.29 is 9.47 Å². The summed E-state index contributed by atoms with van der Waals surface area (Å²) < 4.78 is 9.54. The molecule has 3 heteroatoms. The van der Waals surface area contributed by atoms with Gasteiger partial charge in [0.1, 0.15) is 6.79 Å². The van der Waals surface area contributed by atoms with Gasteiger partial charge in [-0.15, -0.1) is 0 Å². The number of hydrogen-bond acceptors (Lipinski definition) is 3. The van der Waals surface area contributed by atoms with Gasteiger partial charge in [-0.2, -0.15) is 5.26 Å². The lowest BCUT2D eigenvalue weighted by molar-refractivity contribution is -0.0202. The topological polar surface area (TPSA) is 42.2 Å². The van der Waals surface area contributed by atoms with Gasteiger partial charge in [0.2, 0.25) is 0 Å². The summed E-state index contributed by atoms with van der Waals surface area (Å²) in [7, 11) is 1.54. The van der Waals surface area contributed by atoms with Crippen LogP contribution in [-0.2, 0) is 9.47 Å². The van der Waals surface area contributed by atoms with Gasteiger partial charge in [-0.1, -0.05) is 6.08 Å². The average molecular weight is 141 g/mol. The predicted molar refractivity (Wildman–Crippen MR) is 37.2 cm³/mol. The van der Waals surface area contributed by atoms with E-state index < -0.39 is 0 Å². The third kappa shape index (κ3) is 4.07. The molecule has 0 spiro atoms. The van der Waals surface area contributed by atoms with Crippen LogP contribution in [0, 0.1) is 11.3 Å². The Bertz CT molecular complexity index is 146. The number of nitrogens with zero attached hydrogens (tertiary/aromatic N) is 1. The molecule has 0 aliphatic heterocycles. The van der Waals surface area contributed by atoms with Crippen molar-refractivity contribution in [2.24, 2.45) is 0 Å². The normalized spacial score (nSPS) is 11.1. The quantitative estimate of drug-likeness (QED) is 0.334. The van der Waals surface area contributed by atoms with E-state index in [2.05, 4.69) is 4.74 Å². The Kier molecular flexibility index (Phi) is 5.74. The van der Waals surface area contributed by atoms with Crippen molar-refractivity contribution in [2.45, 2.75) is 6.92 Å². The third-order valence-corrected chi connectivity index (χ3v) is 0.951. The van der Waals surface area contributed by atoms with Crippen LogP contribution in [-0.4, -0.2) is 20.5 Å². The molecule has 0 atom stereocenters. The molecule has 0 heterocycles. The van der Waals surface area contributed by atoms with E-state index >= 15 is 0 Å². The molecule has 0 bridgehead atoms. The smallest absolute Gasteiger partial charge is 0.146 e. The van der Waals surface area contributed by atoms with Gasteiger partial charge in [-0.25, -0.2) is 0 Å². The first-order chi connectivity index (χ1) is 4.85. The van der Waals surface area contributed by atoms with Crippen LogP contribution in [0.3, 0.4) is 0 Å². The van der Waals surface area contributed by atoms with E-state index in [1.807, 2.05) is 6.07 Å². The van der Waals surface area contributed by atoms with Crippen LogP contribution in [0.1, 0.15) is 6.92 Å². The second-order valence-corrected chi connectivity index (χ2v) is 1.68. The molecule has 0 aromatic carbocycles. The minimum absolute atomic E-state index is 0.235. The Hall–Kier alpha value is -0.850. The molecule has 0 aliphatic carbocycles. The van der Waals surface area contributed by atoms with Gasteiger partial charge in [-0.05, 0) is 6.92 Å². The summed E-state index contributed by atoms with van der Waals surface area (Å²) in [4.78, 5) is 0. The third-order valence-electron chi connectivity index (χ3n) is 0.951. The highest BCUT2D eigenvalue weighted by Gasteiger charge is 1.91. The van der Waals surface area contributed by atoms with Gasteiger partial charge in [-0.3, -0.25) is 0 Å². The van der Waals surface area contributed by atoms with Crippen LogP contribution in [0.2, 0.25) is 0 Å². The summed E-state index contributed by atoms with van der Waals surface area (Å²) in [5.74, 6) is 0. The van der Waals surface area contributed by atoms with Crippen LogP contribution in [0.25, 0.3) is 0 Å². The van der Waals surface area contributed by atoms with Crippen LogP contribution < -0.4 is 0 Å². The largest absolute Gasteiger partial charge is 0.359 e. The molecular weight excluding hydrogens is 130 g/mol. The second kappa shape index (κ2) is 6.27. The van der Waals surface area contributed by atoms with Crippen molar-refractivity contribution in [3.8, 4) is 6.07 Å². The van der Waals surface area contributed by atoms with E-state index in [0.29, 0.717) is 12.2 Å². The van der Waals surface area contributed by atoms with Crippen molar-refractivity contribution >= 4 is 0 Å². The predicted octanol–water partition coefficient (Wildman–Crippen LogP) is 1.08. The van der Waals surface area contributed by atoms with Gasteiger partial charge in [0.15, 0.2) is 0 Å². The fourth-order valence-electron chi connectivity index (χ4n) is 0.415. The van der Waals surface area contributed by atoms with Crippen LogP contribution in [0.15, 0.2) is 11.6 Å². The van der Waals surface area contributed by atoms with Crippen molar-refractivity contribution in [3.05, 3.63) is 11.6 Å².